The van der Waals surface area contributed by atoms with Crippen LogP contribution in [0.25, 0.3) is 0 Å². The third-order valence-electron chi connectivity index (χ3n) is 1.90. The topological polar surface area (TPSA) is 70.2 Å². The molecule has 5 heteroatoms. The zero-order valence-electron chi connectivity index (χ0n) is 10.4. The summed E-state index contributed by atoms with van der Waals surface area (Å²) in [7, 11) is 0. The molecule has 0 bridgehead atoms. The van der Waals surface area contributed by atoms with Crippen LogP contribution in [-0.4, -0.2) is 31.1 Å². The Morgan fingerprint density at radius 3 is 2.31 bits per heavy atom. The van der Waals surface area contributed by atoms with Gasteiger partial charge in [0.2, 0.25) is 5.91 Å². The number of carbonyl (C=O) groups excluding carboxylic acids is 2. The Bertz CT molecular complexity index is 217. The summed E-state index contributed by atoms with van der Waals surface area (Å²) in [5, 5.41) is 8.11. The molecule has 0 aliphatic heterocycles. The molecule has 0 aromatic carbocycles. The molecule has 0 spiro atoms. The largest absolute Gasteiger partial charge is 0.354 e. The maximum Gasteiger partial charge on any atom is 0.314 e. The lowest BCUT2D eigenvalue weighted by atomic mass is 10.3. The van der Waals surface area contributed by atoms with E-state index >= 15 is 0 Å². The molecule has 0 aliphatic rings. The van der Waals surface area contributed by atoms with Gasteiger partial charge in [0.1, 0.15) is 0 Å². The summed E-state index contributed by atoms with van der Waals surface area (Å²) in [6, 6.07) is -0.0586. The fraction of sp³-hybridized carbons (Fsp3) is 0.818. The Hall–Kier alpha value is -1.26. The van der Waals surface area contributed by atoms with Crippen LogP contribution in [0.3, 0.4) is 0 Å². The number of hydrogen-bond acceptors (Lipinski definition) is 2. The molecule has 0 atom stereocenters. The highest BCUT2D eigenvalue weighted by atomic mass is 16.2. The lowest BCUT2D eigenvalue weighted by Gasteiger charge is -2.09. The van der Waals surface area contributed by atoms with Crippen molar-refractivity contribution in [2.24, 2.45) is 0 Å². The lowest BCUT2D eigenvalue weighted by molar-refractivity contribution is -0.121. The second kappa shape index (κ2) is 9.00. The highest BCUT2D eigenvalue weighted by Crippen LogP contribution is 1.84. The average Bonchev–Trinajstić information content (AvgIpc) is 2.17. The van der Waals surface area contributed by atoms with Gasteiger partial charge in [-0.05, 0) is 20.3 Å². The number of rotatable bonds is 7. The molecule has 5 nitrogen and oxygen atoms in total. The second-order valence-electron chi connectivity index (χ2n) is 4.01. The molecule has 0 aromatic heterocycles. The molecule has 0 fully saturated rings. The van der Waals surface area contributed by atoms with Gasteiger partial charge in [0.05, 0.1) is 0 Å². The first-order valence-corrected chi connectivity index (χ1v) is 5.87. The zero-order chi connectivity index (χ0) is 12.4. The van der Waals surface area contributed by atoms with Gasteiger partial charge in [0.25, 0.3) is 0 Å². The quantitative estimate of drug-likeness (QED) is 0.570. The minimum absolute atomic E-state index is 0.0381. The molecule has 0 aliphatic carbocycles. The third-order valence-corrected chi connectivity index (χ3v) is 1.90. The first-order chi connectivity index (χ1) is 7.56. The Labute approximate surface area is 97.4 Å². The van der Waals surface area contributed by atoms with Crippen LogP contribution in [0, 0.1) is 0 Å². The normalized spacial score (nSPS) is 10.0. The van der Waals surface area contributed by atoms with E-state index in [1.54, 1.807) is 0 Å². The highest BCUT2D eigenvalue weighted by Gasteiger charge is 2.04. The van der Waals surface area contributed by atoms with Crippen molar-refractivity contribution in [3.05, 3.63) is 0 Å². The van der Waals surface area contributed by atoms with Crippen LogP contribution in [0.15, 0.2) is 0 Å². The zero-order valence-corrected chi connectivity index (χ0v) is 10.4. The van der Waals surface area contributed by atoms with E-state index in [4.69, 9.17) is 0 Å². The first-order valence-electron chi connectivity index (χ1n) is 5.87. The van der Waals surface area contributed by atoms with Crippen LogP contribution in [-0.2, 0) is 4.79 Å². The van der Waals surface area contributed by atoms with Gasteiger partial charge >= 0.3 is 6.03 Å². The molecule has 16 heavy (non-hydrogen) atoms. The number of nitrogens with one attached hydrogen (secondary N) is 3. The summed E-state index contributed by atoms with van der Waals surface area (Å²) in [4.78, 5) is 22.4. The summed E-state index contributed by atoms with van der Waals surface area (Å²) in [6.45, 7) is 6.93. The van der Waals surface area contributed by atoms with Crippen LogP contribution in [0.4, 0.5) is 4.79 Å². The number of amides is 3. The van der Waals surface area contributed by atoms with E-state index in [2.05, 4.69) is 22.9 Å². The molecule has 0 heterocycles. The van der Waals surface area contributed by atoms with Crippen LogP contribution in [0.1, 0.15) is 40.0 Å². The molecule has 3 N–H and O–H groups in total. The SMILES string of the molecule is CCCCNC(=O)NCCC(=O)NC(C)C. The van der Waals surface area contributed by atoms with Gasteiger partial charge in [-0.3, -0.25) is 4.79 Å². The Morgan fingerprint density at radius 2 is 1.75 bits per heavy atom. The van der Waals surface area contributed by atoms with Gasteiger partial charge < -0.3 is 16.0 Å². The van der Waals surface area contributed by atoms with Crippen molar-refractivity contribution in [2.75, 3.05) is 13.1 Å². The number of carbonyl (C=O) groups is 2. The molecule has 0 aromatic rings. The summed E-state index contributed by atoms with van der Waals surface area (Å²) in [5.41, 5.74) is 0. The van der Waals surface area contributed by atoms with Gasteiger partial charge in [0.15, 0.2) is 0 Å². The van der Waals surface area contributed by atoms with E-state index in [0.29, 0.717) is 19.5 Å². The van der Waals surface area contributed by atoms with E-state index in [1.807, 2.05) is 13.8 Å². The van der Waals surface area contributed by atoms with Crippen molar-refractivity contribution in [1.29, 1.82) is 0 Å². The highest BCUT2D eigenvalue weighted by molar-refractivity contribution is 5.78. The predicted octanol–water partition coefficient (Wildman–Crippen LogP) is 1.00. The van der Waals surface area contributed by atoms with E-state index in [1.165, 1.54) is 0 Å². The van der Waals surface area contributed by atoms with Gasteiger partial charge in [-0.25, -0.2) is 4.79 Å². The monoisotopic (exact) mass is 229 g/mol. The van der Waals surface area contributed by atoms with Gasteiger partial charge in [-0.2, -0.15) is 0 Å². The van der Waals surface area contributed by atoms with Crippen LogP contribution in [0.5, 0.6) is 0 Å². The molecule has 0 saturated carbocycles. The predicted molar refractivity (Wildman–Crippen MR) is 64.2 cm³/mol. The summed E-state index contributed by atoms with van der Waals surface area (Å²) < 4.78 is 0. The van der Waals surface area contributed by atoms with Crippen molar-refractivity contribution >= 4 is 11.9 Å². The molecule has 3 amide bonds. The van der Waals surface area contributed by atoms with Gasteiger partial charge in [-0.15, -0.1) is 0 Å². The molecule has 0 saturated heterocycles. The first kappa shape index (κ1) is 14.7. The number of urea groups is 1. The average molecular weight is 229 g/mol. The molecule has 0 rings (SSSR count). The van der Waals surface area contributed by atoms with Crippen LogP contribution >= 0.6 is 0 Å². The standard InChI is InChI=1S/C11H23N3O2/c1-4-5-7-12-11(16)13-8-6-10(15)14-9(2)3/h9H,4-8H2,1-3H3,(H,14,15)(H2,12,13,16). The van der Waals surface area contributed by atoms with Crippen molar-refractivity contribution in [1.82, 2.24) is 16.0 Å². The molecule has 0 unspecified atom stereocenters. The minimum Gasteiger partial charge on any atom is -0.354 e. The Morgan fingerprint density at radius 1 is 1.12 bits per heavy atom. The second-order valence-corrected chi connectivity index (χ2v) is 4.01. The summed E-state index contributed by atoms with van der Waals surface area (Å²) in [6.07, 6.45) is 2.34. The lowest BCUT2D eigenvalue weighted by Crippen LogP contribution is -2.39. The van der Waals surface area contributed by atoms with E-state index < -0.39 is 0 Å². The van der Waals surface area contributed by atoms with Gasteiger partial charge in [-0.1, -0.05) is 13.3 Å². The Kier molecular flexibility index (Phi) is 8.29. The molecule has 0 radical (unpaired) electrons. The summed E-state index contributed by atoms with van der Waals surface area (Å²) >= 11 is 0. The van der Waals surface area contributed by atoms with Crippen LogP contribution in [0.2, 0.25) is 0 Å². The van der Waals surface area contributed by atoms with E-state index in [-0.39, 0.29) is 18.0 Å². The maximum absolute atomic E-state index is 11.2. The van der Waals surface area contributed by atoms with Crippen LogP contribution < -0.4 is 16.0 Å². The molecular weight excluding hydrogens is 206 g/mol. The fourth-order valence-corrected chi connectivity index (χ4v) is 1.12. The van der Waals surface area contributed by atoms with Crippen molar-refractivity contribution in [3.63, 3.8) is 0 Å². The van der Waals surface area contributed by atoms with Gasteiger partial charge in [0, 0.05) is 25.6 Å². The van der Waals surface area contributed by atoms with Crippen molar-refractivity contribution in [3.8, 4) is 0 Å². The number of hydrogen-bond donors (Lipinski definition) is 3. The minimum atomic E-state index is -0.203. The van der Waals surface area contributed by atoms with Crippen molar-refractivity contribution in [2.45, 2.75) is 46.1 Å². The van der Waals surface area contributed by atoms with Crippen molar-refractivity contribution < 1.29 is 9.59 Å². The Balaban J connectivity index is 3.43. The third kappa shape index (κ3) is 9.30. The van der Waals surface area contributed by atoms with E-state index in [9.17, 15) is 9.59 Å². The molecule has 94 valence electrons. The maximum atomic E-state index is 11.2. The fourth-order valence-electron chi connectivity index (χ4n) is 1.12. The van der Waals surface area contributed by atoms with E-state index in [0.717, 1.165) is 12.8 Å². The summed E-state index contributed by atoms with van der Waals surface area (Å²) in [5.74, 6) is -0.0381. The number of unbranched alkanes of at least 4 members (excludes halogenated alkanes) is 1. The molecular formula is C11H23N3O2. The smallest absolute Gasteiger partial charge is 0.314 e.